The molecule has 0 aliphatic rings. The van der Waals surface area contributed by atoms with Crippen LogP contribution in [0, 0.1) is 13.8 Å². The summed E-state index contributed by atoms with van der Waals surface area (Å²) in [5.74, 6) is -0.364. The monoisotopic (exact) mass is 390 g/mol. The number of ether oxygens (including phenoxy) is 1. The number of para-hydroxylation sites is 1. The van der Waals surface area contributed by atoms with Gasteiger partial charge < -0.3 is 15.4 Å². The van der Waals surface area contributed by atoms with Crippen LogP contribution in [-0.4, -0.2) is 28.5 Å². The first-order chi connectivity index (χ1) is 14.0. The predicted molar refractivity (Wildman–Crippen MR) is 112 cm³/mol. The number of rotatable bonds is 6. The maximum atomic E-state index is 12.4. The van der Waals surface area contributed by atoms with Gasteiger partial charge in [-0.3, -0.25) is 4.79 Å². The summed E-state index contributed by atoms with van der Waals surface area (Å²) in [4.78, 5) is 32.9. The average Bonchev–Trinajstić information content (AvgIpc) is 2.72. The van der Waals surface area contributed by atoms with Crippen molar-refractivity contribution in [1.82, 2.24) is 9.97 Å². The summed E-state index contributed by atoms with van der Waals surface area (Å²) in [5.41, 5.74) is 4.08. The van der Waals surface area contributed by atoms with Crippen molar-refractivity contribution in [3.8, 4) is 0 Å². The SMILES string of the molecule is CCOC(=O)c1ccccc1Nc1cnc(C(=O)Nc2ccc(C)c(C)c2)cn1. The van der Waals surface area contributed by atoms with Crippen LogP contribution in [0.5, 0.6) is 0 Å². The standard InChI is InChI=1S/C22H22N4O3/c1-4-29-22(28)17-7-5-6-8-18(17)26-20-13-23-19(12-24-20)21(27)25-16-10-9-14(2)15(3)11-16/h5-13H,4H2,1-3H3,(H,24,26)(H,25,27). The molecule has 2 N–H and O–H groups in total. The van der Waals surface area contributed by atoms with E-state index < -0.39 is 5.97 Å². The molecule has 1 aromatic heterocycles. The Balaban J connectivity index is 1.71. The highest BCUT2D eigenvalue weighted by Crippen LogP contribution is 2.20. The summed E-state index contributed by atoms with van der Waals surface area (Å²) in [5, 5.41) is 5.85. The number of aromatic nitrogens is 2. The summed E-state index contributed by atoms with van der Waals surface area (Å²) in [7, 11) is 0. The van der Waals surface area contributed by atoms with Gasteiger partial charge in [-0.1, -0.05) is 18.2 Å². The van der Waals surface area contributed by atoms with Crippen LogP contribution in [0.2, 0.25) is 0 Å². The molecule has 3 aromatic rings. The molecule has 148 valence electrons. The number of nitrogens with zero attached hydrogens (tertiary/aromatic N) is 2. The number of benzene rings is 2. The Morgan fingerprint density at radius 3 is 2.48 bits per heavy atom. The number of nitrogens with one attached hydrogen (secondary N) is 2. The quantitative estimate of drug-likeness (QED) is 0.611. The minimum Gasteiger partial charge on any atom is -0.462 e. The fraction of sp³-hybridized carbons (Fsp3) is 0.182. The molecular weight excluding hydrogens is 368 g/mol. The Morgan fingerprint density at radius 1 is 1.00 bits per heavy atom. The number of hydrogen-bond donors (Lipinski definition) is 2. The number of carbonyl (C=O) groups excluding carboxylic acids is 2. The minimum atomic E-state index is -0.423. The molecule has 0 saturated heterocycles. The Hall–Kier alpha value is -3.74. The Bertz CT molecular complexity index is 1030. The van der Waals surface area contributed by atoms with E-state index in [1.807, 2.05) is 32.0 Å². The second-order valence-corrected chi connectivity index (χ2v) is 6.43. The molecule has 0 fully saturated rings. The lowest BCUT2D eigenvalue weighted by atomic mass is 10.1. The zero-order valence-corrected chi connectivity index (χ0v) is 16.5. The van der Waals surface area contributed by atoms with Crippen LogP contribution in [-0.2, 0) is 4.74 Å². The van der Waals surface area contributed by atoms with E-state index in [0.29, 0.717) is 22.8 Å². The molecule has 2 aromatic carbocycles. The van der Waals surface area contributed by atoms with E-state index >= 15 is 0 Å². The lowest BCUT2D eigenvalue weighted by Crippen LogP contribution is -2.14. The van der Waals surface area contributed by atoms with Crippen LogP contribution in [0.1, 0.15) is 38.9 Å². The molecule has 1 heterocycles. The van der Waals surface area contributed by atoms with Gasteiger partial charge in [0.05, 0.1) is 30.3 Å². The number of esters is 1. The molecule has 0 bridgehead atoms. The molecule has 29 heavy (non-hydrogen) atoms. The lowest BCUT2D eigenvalue weighted by molar-refractivity contribution is 0.0527. The van der Waals surface area contributed by atoms with Gasteiger partial charge in [-0.15, -0.1) is 0 Å². The lowest BCUT2D eigenvalue weighted by Gasteiger charge is -2.11. The van der Waals surface area contributed by atoms with Crippen molar-refractivity contribution in [2.45, 2.75) is 20.8 Å². The van der Waals surface area contributed by atoms with Crippen LogP contribution in [0.3, 0.4) is 0 Å². The van der Waals surface area contributed by atoms with Crippen LogP contribution in [0.4, 0.5) is 17.2 Å². The number of amides is 1. The Morgan fingerprint density at radius 2 is 1.79 bits per heavy atom. The van der Waals surface area contributed by atoms with Crippen LogP contribution in [0.25, 0.3) is 0 Å². The molecule has 1 amide bonds. The Labute approximate surface area is 169 Å². The highest BCUT2D eigenvalue weighted by Gasteiger charge is 2.13. The molecule has 0 radical (unpaired) electrons. The Kier molecular flexibility index (Phi) is 6.19. The highest BCUT2D eigenvalue weighted by atomic mass is 16.5. The van der Waals surface area contributed by atoms with Gasteiger partial charge in [0, 0.05) is 5.69 Å². The number of hydrogen-bond acceptors (Lipinski definition) is 6. The summed E-state index contributed by atoms with van der Waals surface area (Å²) >= 11 is 0. The van der Waals surface area contributed by atoms with Crippen molar-refractivity contribution in [1.29, 1.82) is 0 Å². The van der Waals surface area contributed by atoms with Gasteiger partial charge in [0.15, 0.2) is 0 Å². The van der Waals surface area contributed by atoms with E-state index in [-0.39, 0.29) is 18.2 Å². The summed E-state index contributed by atoms with van der Waals surface area (Å²) in [6.45, 7) is 6.04. The van der Waals surface area contributed by atoms with Gasteiger partial charge in [0.1, 0.15) is 11.5 Å². The number of aryl methyl sites for hydroxylation is 2. The zero-order chi connectivity index (χ0) is 20.8. The average molecular weight is 390 g/mol. The van der Waals surface area contributed by atoms with Gasteiger partial charge in [0.2, 0.25) is 0 Å². The fourth-order valence-corrected chi connectivity index (χ4v) is 2.64. The smallest absolute Gasteiger partial charge is 0.340 e. The molecule has 0 unspecified atom stereocenters. The molecule has 0 saturated carbocycles. The molecule has 0 aliphatic heterocycles. The molecule has 0 atom stereocenters. The van der Waals surface area contributed by atoms with E-state index in [4.69, 9.17) is 4.74 Å². The minimum absolute atomic E-state index is 0.187. The van der Waals surface area contributed by atoms with Gasteiger partial charge in [-0.2, -0.15) is 0 Å². The van der Waals surface area contributed by atoms with Crippen molar-refractivity contribution in [3.63, 3.8) is 0 Å². The van der Waals surface area contributed by atoms with Gasteiger partial charge in [-0.05, 0) is 56.2 Å². The van der Waals surface area contributed by atoms with Crippen LogP contribution in [0.15, 0.2) is 54.9 Å². The van der Waals surface area contributed by atoms with E-state index in [9.17, 15) is 9.59 Å². The predicted octanol–water partition coefficient (Wildman–Crippen LogP) is 4.27. The van der Waals surface area contributed by atoms with Gasteiger partial charge >= 0.3 is 5.97 Å². The number of anilines is 3. The second kappa shape index (κ2) is 8.97. The van der Waals surface area contributed by atoms with E-state index in [1.54, 1.807) is 31.2 Å². The molecular formula is C22H22N4O3. The van der Waals surface area contributed by atoms with Crippen LogP contribution < -0.4 is 10.6 Å². The fourth-order valence-electron chi connectivity index (χ4n) is 2.64. The third-order valence-corrected chi connectivity index (χ3v) is 4.33. The molecule has 3 rings (SSSR count). The zero-order valence-electron chi connectivity index (χ0n) is 16.5. The topological polar surface area (TPSA) is 93.2 Å². The van der Waals surface area contributed by atoms with Crippen molar-refractivity contribution >= 4 is 29.1 Å². The maximum absolute atomic E-state index is 12.4. The second-order valence-electron chi connectivity index (χ2n) is 6.43. The highest BCUT2D eigenvalue weighted by molar-refractivity contribution is 6.02. The first kappa shape index (κ1) is 20.0. The summed E-state index contributed by atoms with van der Waals surface area (Å²) < 4.78 is 5.06. The normalized spacial score (nSPS) is 10.3. The van der Waals surface area contributed by atoms with Gasteiger partial charge in [-0.25, -0.2) is 14.8 Å². The molecule has 0 spiro atoms. The summed E-state index contributed by atoms with van der Waals surface area (Å²) in [6.07, 6.45) is 2.82. The van der Waals surface area contributed by atoms with E-state index in [2.05, 4.69) is 20.6 Å². The third kappa shape index (κ3) is 4.95. The van der Waals surface area contributed by atoms with Crippen LogP contribution >= 0.6 is 0 Å². The van der Waals surface area contributed by atoms with Crippen molar-refractivity contribution in [3.05, 3.63) is 77.2 Å². The van der Waals surface area contributed by atoms with Crippen molar-refractivity contribution < 1.29 is 14.3 Å². The van der Waals surface area contributed by atoms with E-state index in [0.717, 1.165) is 11.1 Å². The molecule has 0 aliphatic carbocycles. The third-order valence-electron chi connectivity index (χ3n) is 4.33. The molecule has 7 heteroatoms. The first-order valence-electron chi connectivity index (χ1n) is 9.21. The van der Waals surface area contributed by atoms with E-state index in [1.165, 1.54) is 12.4 Å². The largest absolute Gasteiger partial charge is 0.462 e. The van der Waals surface area contributed by atoms with Crippen molar-refractivity contribution in [2.75, 3.05) is 17.2 Å². The summed E-state index contributed by atoms with van der Waals surface area (Å²) in [6, 6.07) is 12.7. The maximum Gasteiger partial charge on any atom is 0.340 e. The van der Waals surface area contributed by atoms with Gasteiger partial charge in [0.25, 0.3) is 5.91 Å². The first-order valence-corrected chi connectivity index (χ1v) is 9.21. The molecule has 7 nitrogen and oxygen atoms in total. The van der Waals surface area contributed by atoms with Crippen molar-refractivity contribution in [2.24, 2.45) is 0 Å². The number of carbonyl (C=O) groups is 2.